The number of carbonyl (C=O) groups is 2. The first kappa shape index (κ1) is 29.4. The second-order valence-corrected chi connectivity index (χ2v) is 11.4. The summed E-state index contributed by atoms with van der Waals surface area (Å²) in [4.78, 5) is 27.6. The Morgan fingerprint density at radius 1 is 1.00 bits per heavy atom. The predicted molar refractivity (Wildman–Crippen MR) is 142 cm³/mol. The number of hydrogen-bond donors (Lipinski definition) is 1. The number of methoxy groups -OCH3 is 1. The highest BCUT2D eigenvalue weighted by molar-refractivity contribution is 7.89. The third-order valence-electron chi connectivity index (χ3n) is 6.16. The fourth-order valence-corrected chi connectivity index (χ4v) is 5.24. The molecule has 1 aliphatic heterocycles. The number of rotatable bonds is 12. The number of nitrogens with one attached hydrogen (secondary N) is 1. The lowest BCUT2D eigenvalue weighted by Gasteiger charge is -2.29. The highest BCUT2D eigenvalue weighted by Gasteiger charge is 2.28. The first-order valence-corrected chi connectivity index (χ1v) is 14.1. The first-order valence-electron chi connectivity index (χ1n) is 12.6. The van der Waals surface area contributed by atoms with E-state index >= 15 is 0 Å². The molecule has 0 spiro atoms. The Labute approximate surface area is 224 Å². The molecular formula is C27H37N3O7S. The van der Waals surface area contributed by atoms with Gasteiger partial charge in [0.15, 0.2) is 6.61 Å². The van der Waals surface area contributed by atoms with Gasteiger partial charge >= 0.3 is 0 Å². The molecule has 1 heterocycles. The Bertz CT molecular complexity index is 1160. The molecule has 0 aromatic heterocycles. The molecule has 1 N–H and O–H groups in total. The lowest BCUT2D eigenvalue weighted by Crippen LogP contribution is -2.49. The van der Waals surface area contributed by atoms with Crippen molar-refractivity contribution in [3.8, 4) is 11.5 Å². The Morgan fingerprint density at radius 2 is 1.61 bits per heavy atom. The highest BCUT2D eigenvalue weighted by atomic mass is 32.2. The highest BCUT2D eigenvalue weighted by Crippen LogP contribution is 2.21. The van der Waals surface area contributed by atoms with Crippen LogP contribution in [0.15, 0.2) is 53.4 Å². The van der Waals surface area contributed by atoms with Crippen molar-refractivity contribution >= 4 is 21.8 Å². The molecule has 0 radical (unpaired) electrons. The summed E-state index contributed by atoms with van der Waals surface area (Å²) in [5, 5.41) is 2.88. The van der Waals surface area contributed by atoms with Crippen molar-refractivity contribution in [3.05, 3.63) is 54.1 Å². The Morgan fingerprint density at radius 3 is 2.18 bits per heavy atom. The summed E-state index contributed by atoms with van der Waals surface area (Å²) in [5.74, 6) is 0.684. The summed E-state index contributed by atoms with van der Waals surface area (Å²) in [6, 6.07) is 12.5. The zero-order valence-electron chi connectivity index (χ0n) is 22.4. The van der Waals surface area contributed by atoms with Crippen LogP contribution in [0.1, 0.15) is 26.3 Å². The standard InChI is InChI=1S/C27H37N3O7S/c1-20(2)17-28-27(32)21(3)30(18-22-5-7-23(35-4)8-6-22)26(31)19-37-24-9-11-25(12-10-24)38(33,34)29-13-15-36-16-14-29/h5-12,20-21H,13-19H2,1-4H3,(H,28,32). The number of carbonyl (C=O) groups excluding carboxylic acids is 2. The summed E-state index contributed by atoms with van der Waals surface area (Å²) < 4.78 is 43.2. The molecule has 2 aromatic carbocycles. The van der Waals surface area contributed by atoms with Crippen LogP contribution in [0.2, 0.25) is 0 Å². The van der Waals surface area contributed by atoms with Crippen molar-refractivity contribution in [1.82, 2.24) is 14.5 Å². The molecule has 3 rings (SSSR count). The zero-order chi connectivity index (χ0) is 27.7. The second-order valence-electron chi connectivity index (χ2n) is 9.46. The normalized spacial score (nSPS) is 15.1. The minimum absolute atomic E-state index is 0.148. The molecule has 0 saturated carbocycles. The van der Waals surface area contributed by atoms with Gasteiger partial charge in [-0.25, -0.2) is 8.42 Å². The summed E-state index contributed by atoms with van der Waals surface area (Å²) in [5.41, 5.74) is 0.834. The Hall–Kier alpha value is -3.15. The smallest absolute Gasteiger partial charge is 0.261 e. The van der Waals surface area contributed by atoms with Gasteiger partial charge in [-0.3, -0.25) is 9.59 Å². The van der Waals surface area contributed by atoms with Crippen LogP contribution >= 0.6 is 0 Å². The number of hydrogen-bond acceptors (Lipinski definition) is 7. The number of ether oxygens (including phenoxy) is 3. The molecule has 2 aromatic rings. The molecule has 1 fully saturated rings. The molecule has 208 valence electrons. The predicted octanol–water partition coefficient (Wildman–Crippen LogP) is 2.28. The third kappa shape index (κ3) is 7.92. The van der Waals surface area contributed by atoms with Crippen LogP contribution in [-0.4, -0.2) is 82.0 Å². The maximum absolute atomic E-state index is 13.2. The van der Waals surface area contributed by atoms with E-state index in [-0.39, 0.29) is 35.8 Å². The van der Waals surface area contributed by atoms with Gasteiger partial charge in [0, 0.05) is 26.2 Å². The molecule has 10 nitrogen and oxygen atoms in total. The molecule has 0 bridgehead atoms. The minimum Gasteiger partial charge on any atom is -0.497 e. The van der Waals surface area contributed by atoms with Crippen LogP contribution in [0.5, 0.6) is 11.5 Å². The van der Waals surface area contributed by atoms with Crippen LogP contribution in [0.3, 0.4) is 0 Å². The van der Waals surface area contributed by atoms with Crippen molar-refractivity contribution in [2.75, 3.05) is 46.6 Å². The van der Waals surface area contributed by atoms with Crippen molar-refractivity contribution < 1.29 is 32.2 Å². The van der Waals surface area contributed by atoms with E-state index in [0.717, 1.165) is 5.56 Å². The molecule has 38 heavy (non-hydrogen) atoms. The monoisotopic (exact) mass is 547 g/mol. The van der Waals surface area contributed by atoms with Crippen molar-refractivity contribution in [3.63, 3.8) is 0 Å². The topological polar surface area (TPSA) is 114 Å². The largest absolute Gasteiger partial charge is 0.497 e. The van der Waals surface area contributed by atoms with Crippen LogP contribution < -0.4 is 14.8 Å². The van der Waals surface area contributed by atoms with Gasteiger partial charge in [0.05, 0.1) is 25.2 Å². The van der Waals surface area contributed by atoms with Gasteiger partial charge in [-0.1, -0.05) is 26.0 Å². The average molecular weight is 548 g/mol. The van der Waals surface area contributed by atoms with Crippen LogP contribution in [0.4, 0.5) is 0 Å². The second kappa shape index (κ2) is 13.6. The van der Waals surface area contributed by atoms with Crippen molar-refractivity contribution in [2.45, 2.75) is 38.3 Å². The van der Waals surface area contributed by atoms with E-state index in [4.69, 9.17) is 14.2 Å². The lowest BCUT2D eigenvalue weighted by atomic mass is 10.1. The zero-order valence-corrected chi connectivity index (χ0v) is 23.2. The number of sulfonamides is 1. The average Bonchev–Trinajstić information content (AvgIpc) is 2.94. The van der Waals surface area contributed by atoms with Gasteiger partial charge in [-0.05, 0) is 54.8 Å². The van der Waals surface area contributed by atoms with Gasteiger partial charge in [0.25, 0.3) is 5.91 Å². The summed E-state index contributed by atoms with van der Waals surface area (Å²) in [7, 11) is -2.05. The van der Waals surface area contributed by atoms with Crippen LogP contribution in [0.25, 0.3) is 0 Å². The van der Waals surface area contributed by atoms with Gasteiger partial charge in [0.2, 0.25) is 15.9 Å². The maximum Gasteiger partial charge on any atom is 0.261 e. The molecule has 1 aliphatic rings. The van der Waals surface area contributed by atoms with Gasteiger partial charge < -0.3 is 24.4 Å². The minimum atomic E-state index is -3.63. The third-order valence-corrected chi connectivity index (χ3v) is 8.07. The summed E-state index contributed by atoms with van der Waals surface area (Å²) in [6.45, 7) is 7.42. The molecule has 1 atom stereocenters. The molecule has 1 unspecified atom stereocenters. The SMILES string of the molecule is COc1ccc(CN(C(=O)COc2ccc(S(=O)(=O)N3CCOCC3)cc2)C(C)C(=O)NCC(C)C)cc1. The first-order chi connectivity index (χ1) is 18.1. The van der Waals surface area contributed by atoms with Gasteiger partial charge in [-0.2, -0.15) is 4.31 Å². The number of amides is 2. The van der Waals surface area contributed by atoms with Gasteiger partial charge in [0.1, 0.15) is 17.5 Å². The number of benzene rings is 2. The fraction of sp³-hybridized carbons (Fsp3) is 0.481. The van der Waals surface area contributed by atoms with Crippen molar-refractivity contribution in [1.29, 1.82) is 0 Å². The summed E-state index contributed by atoms with van der Waals surface area (Å²) >= 11 is 0. The van der Waals surface area contributed by atoms with E-state index in [0.29, 0.717) is 44.3 Å². The van der Waals surface area contributed by atoms with E-state index in [1.54, 1.807) is 26.2 Å². The van der Waals surface area contributed by atoms with Crippen molar-refractivity contribution in [2.24, 2.45) is 5.92 Å². The van der Waals surface area contributed by atoms with E-state index < -0.39 is 16.1 Å². The van der Waals surface area contributed by atoms with E-state index in [1.165, 1.54) is 33.5 Å². The summed E-state index contributed by atoms with van der Waals surface area (Å²) in [6.07, 6.45) is 0. The van der Waals surface area contributed by atoms with Crippen LogP contribution in [-0.2, 0) is 30.9 Å². The number of nitrogens with zero attached hydrogens (tertiary/aromatic N) is 2. The molecule has 1 saturated heterocycles. The molecular weight excluding hydrogens is 510 g/mol. The van der Waals surface area contributed by atoms with E-state index in [2.05, 4.69) is 5.32 Å². The van der Waals surface area contributed by atoms with Gasteiger partial charge in [-0.15, -0.1) is 0 Å². The molecule has 2 amide bonds. The lowest BCUT2D eigenvalue weighted by molar-refractivity contribution is -0.142. The van der Waals surface area contributed by atoms with E-state index in [9.17, 15) is 18.0 Å². The Kier molecular flexibility index (Phi) is 10.5. The fourth-order valence-electron chi connectivity index (χ4n) is 3.83. The number of morpholine rings is 1. The molecule has 0 aliphatic carbocycles. The Balaban J connectivity index is 1.68. The van der Waals surface area contributed by atoms with E-state index in [1.807, 2.05) is 26.0 Å². The maximum atomic E-state index is 13.2. The quantitative estimate of drug-likeness (QED) is 0.434. The van der Waals surface area contributed by atoms with Crippen LogP contribution in [0, 0.1) is 5.92 Å². The molecule has 11 heteroatoms.